The Kier molecular flexibility index (Phi) is 8.15. The Labute approximate surface area is 202 Å². The van der Waals surface area contributed by atoms with Crippen LogP contribution in [0.3, 0.4) is 0 Å². The van der Waals surface area contributed by atoms with Gasteiger partial charge in [-0.05, 0) is 38.0 Å². The third-order valence-electron chi connectivity index (χ3n) is 5.52. The van der Waals surface area contributed by atoms with Crippen LogP contribution in [0, 0.1) is 5.82 Å². The summed E-state index contributed by atoms with van der Waals surface area (Å²) in [5, 5.41) is 0.172. The topological polar surface area (TPSA) is 107 Å². The number of hydrogen-bond donors (Lipinski definition) is 2. The highest BCUT2D eigenvalue weighted by Crippen LogP contribution is 2.36. The normalized spacial score (nSPS) is 16.3. The number of pyridine rings is 1. The van der Waals surface area contributed by atoms with Gasteiger partial charge in [-0.1, -0.05) is 23.2 Å². The van der Waals surface area contributed by atoms with Gasteiger partial charge in [0.25, 0.3) is 0 Å². The Morgan fingerprint density at radius 3 is 2.70 bits per heavy atom. The van der Waals surface area contributed by atoms with Crippen LogP contribution in [0.25, 0.3) is 5.57 Å². The molecule has 1 aliphatic rings. The highest BCUT2D eigenvalue weighted by atomic mass is 35.5. The largest absolute Gasteiger partial charge is 0.482 e. The summed E-state index contributed by atoms with van der Waals surface area (Å²) in [7, 11) is 0. The van der Waals surface area contributed by atoms with Crippen LogP contribution >= 0.6 is 23.2 Å². The van der Waals surface area contributed by atoms with E-state index in [1.807, 2.05) is 4.90 Å². The van der Waals surface area contributed by atoms with Crippen LogP contribution in [0.5, 0.6) is 5.75 Å². The van der Waals surface area contributed by atoms with Gasteiger partial charge < -0.3 is 21.1 Å². The Bertz CT molecular complexity index is 1080. The Hall–Kier alpha value is -2.84. The molecule has 7 nitrogen and oxygen atoms in total. The van der Waals surface area contributed by atoms with Crippen LogP contribution in [0.4, 0.5) is 10.2 Å². The number of aliphatic imine (C=N–C) groups is 1. The number of allylic oxidation sites excluding steroid dienone is 1. The fourth-order valence-corrected chi connectivity index (χ4v) is 4.28. The lowest BCUT2D eigenvalue weighted by Crippen LogP contribution is -2.38. The first-order chi connectivity index (χ1) is 15.7. The maximum Gasteiger partial charge on any atom is 0.219 e. The molecule has 1 fully saturated rings. The van der Waals surface area contributed by atoms with Crippen LogP contribution in [-0.4, -0.2) is 41.1 Å². The summed E-state index contributed by atoms with van der Waals surface area (Å²) < 4.78 is 19.9. The van der Waals surface area contributed by atoms with Crippen molar-refractivity contribution in [2.45, 2.75) is 38.8 Å². The second-order valence-electron chi connectivity index (χ2n) is 7.76. The number of nitrogen functional groups attached to an aromatic ring is 1. The van der Waals surface area contributed by atoms with Gasteiger partial charge in [-0.2, -0.15) is 0 Å². The molecule has 1 amide bonds. The van der Waals surface area contributed by atoms with E-state index in [-0.39, 0.29) is 33.6 Å². The number of carbonyl (C=O) groups is 1. The second-order valence-corrected chi connectivity index (χ2v) is 8.55. The van der Waals surface area contributed by atoms with E-state index in [0.29, 0.717) is 29.8 Å². The van der Waals surface area contributed by atoms with Crippen molar-refractivity contribution in [3.8, 4) is 5.75 Å². The van der Waals surface area contributed by atoms with Gasteiger partial charge in [-0.25, -0.2) is 9.37 Å². The molecule has 1 atom stereocenters. The molecule has 1 aromatic carbocycles. The van der Waals surface area contributed by atoms with Crippen molar-refractivity contribution in [1.29, 1.82) is 0 Å². The number of carbonyl (C=O) groups excluding carboxylic acids is 1. The van der Waals surface area contributed by atoms with Gasteiger partial charge in [0.15, 0.2) is 11.6 Å². The number of halogens is 3. The zero-order valence-corrected chi connectivity index (χ0v) is 19.9. The van der Waals surface area contributed by atoms with E-state index >= 15 is 0 Å². The number of likely N-dealkylation sites (tertiary alicyclic amines) is 1. The first kappa shape index (κ1) is 24.8. The monoisotopic (exact) mass is 493 g/mol. The summed E-state index contributed by atoms with van der Waals surface area (Å²) in [6.45, 7) is 4.63. The molecule has 1 aromatic heterocycles. The van der Waals surface area contributed by atoms with Gasteiger partial charge in [-0.15, -0.1) is 0 Å². The van der Waals surface area contributed by atoms with Crippen LogP contribution in [0.1, 0.15) is 43.9 Å². The quantitative estimate of drug-likeness (QED) is 0.450. The van der Waals surface area contributed by atoms with Crippen molar-refractivity contribution in [3.63, 3.8) is 0 Å². The molecule has 33 heavy (non-hydrogen) atoms. The summed E-state index contributed by atoms with van der Waals surface area (Å²) in [6.07, 6.45) is 5.57. The number of ether oxygens (including phenoxy) is 1. The molecular formula is C23H26Cl2FN5O2. The molecule has 1 saturated heterocycles. The summed E-state index contributed by atoms with van der Waals surface area (Å²) in [6, 6.07) is 4.40. The Balaban J connectivity index is 1.76. The molecule has 2 aromatic rings. The molecule has 0 radical (unpaired) electrons. The predicted molar refractivity (Wildman–Crippen MR) is 130 cm³/mol. The van der Waals surface area contributed by atoms with E-state index < -0.39 is 11.9 Å². The van der Waals surface area contributed by atoms with Gasteiger partial charge in [-0.3, -0.25) is 9.79 Å². The molecule has 4 N–H and O–H groups in total. The fourth-order valence-electron chi connectivity index (χ4n) is 3.60. The van der Waals surface area contributed by atoms with E-state index in [2.05, 4.69) is 9.98 Å². The molecule has 0 bridgehead atoms. The molecule has 10 heteroatoms. The molecule has 0 spiro atoms. The number of nitrogens with two attached hydrogens (primary N) is 2. The highest BCUT2D eigenvalue weighted by Gasteiger charge is 2.21. The number of anilines is 1. The smallest absolute Gasteiger partial charge is 0.219 e. The average molecular weight is 494 g/mol. The molecule has 0 unspecified atom stereocenters. The lowest BCUT2D eigenvalue weighted by atomic mass is 10.1. The number of amides is 1. The fraction of sp³-hybridized carbons (Fsp3) is 0.348. The molecular weight excluding hydrogens is 468 g/mol. The number of benzene rings is 1. The summed E-state index contributed by atoms with van der Waals surface area (Å²) in [5.74, 6) is -0.0846. The Morgan fingerprint density at radius 1 is 1.36 bits per heavy atom. The zero-order valence-electron chi connectivity index (χ0n) is 18.4. The van der Waals surface area contributed by atoms with Crippen molar-refractivity contribution in [1.82, 2.24) is 9.88 Å². The van der Waals surface area contributed by atoms with Crippen molar-refractivity contribution < 1.29 is 13.9 Å². The number of piperidine rings is 1. The molecule has 0 saturated carbocycles. The number of hydrogen-bond acceptors (Lipinski definition) is 6. The first-order valence-corrected chi connectivity index (χ1v) is 11.2. The Morgan fingerprint density at radius 2 is 2.06 bits per heavy atom. The number of nitrogens with zero attached hydrogens (tertiary/aromatic N) is 3. The first-order valence-electron chi connectivity index (χ1n) is 10.5. The minimum Gasteiger partial charge on any atom is -0.482 e. The van der Waals surface area contributed by atoms with Crippen LogP contribution in [0.2, 0.25) is 10.0 Å². The van der Waals surface area contributed by atoms with E-state index in [4.69, 9.17) is 39.4 Å². The minimum absolute atomic E-state index is 0.0792. The van der Waals surface area contributed by atoms with Gasteiger partial charge in [0.2, 0.25) is 5.91 Å². The van der Waals surface area contributed by atoms with Crippen molar-refractivity contribution in [2.24, 2.45) is 10.7 Å². The summed E-state index contributed by atoms with van der Waals surface area (Å²) in [4.78, 5) is 22.1. The second kappa shape index (κ2) is 10.9. The maximum absolute atomic E-state index is 13.9. The SMILES string of the molecule is CC(=O)N1CCC(N=CC(=CN)c2cnc(N)c(O[C@H](C)c3c(Cl)ccc(F)c3Cl)c2)CC1. The third-order valence-corrected chi connectivity index (χ3v) is 6.23. The maximum atomic E-state index is 13.9. The van der Waals surface area contributed by atoms with Crippen molar-refractivity contribution >= 4 is 46.7 Å². The lowest BCUT2D eigenvalue weighted by molar-refractivity contribution is -0.129. The highest BCUT2D eigenvalue weighted by molar-refractivity contribution is 6.36. The van der Waals surface area contributed by atoms with Crippen LogP contribution in [-0.2, 0) is 4.79 Å². The van der Waals surface area contributed by atoms with Crippen molar-refractivity contribution in [3.05, 3.63) is 57.6 Å². The van der Waals surface area contributed by atoms with Gasteiger partial charge in [0.05, 0.1) is 11.1 Å². The van der Waals surface area contributed by atoms with E-state index in [1.54, 1.807) is 32.3 Å². The molecule has 2 heterocycles. The third kappa shape index (κ3) is 5.94. The van der Waals surface area contributed by atoms with Gasteiger partial charge in [0.1, 0.15) is 11.9 Å². The predicted octanol–water partition coefficient (Wildman–Crippen LogP) is 4.63. The lowest BCUT2D eigenvalue weighted by Gasteiger charge is -2.29. The number of aromatic nitrogens is 1. The van der Waals surface area contributed by atoms with Crippen LogP contribution < -0.4 is 16.2 Å². The minimum atomic E-state index is -0.689. The molecule has 3 rings (SSSR count). The summed E-state index contributed by atoms with van der Waals surface area (Å²) in [5.41, 5.74) is 13.4. The van der Waals surface area contributed by atoms with Crippen LogP contribution in [0.15, 0.2) is 35.6 Å². The summed E-state index contributed by atoms with van der Waals surface area (Å²) >= 11 is 12.3. The van der Waals surface area contributed by atoms with E-state index in [1.165, 1.54) is 18.3 Å². The van der Waals surface area contributed by atoms with Gasteiger partial charge >= 0.3 is 0 Å². The molecule has 176 valence electrons. The standard InChI is InChI=1S/C23H26Cl2FN5O2/c1-13(21-18(24)3-4-19(26)22(21)25)33-20-9-15(11-30-23(20)28)16(10-27)12-29-17-5-7-31(8-6-17)14(2)32/h3-4,9-13,17H,5-8,27H2,1-2H3,(H2,28,30)/t13-/m1/s1. The average Bonchev–Trinajstić information content (AvgIpc) is 2.79. The van der Waals surface area contributed by atoms with E-state index in [0.717, 1.165) is 12.8 Å². The van der Waals surface area contributed by atoms with E-state index in [9.17, 15) is 9.18 Å². The number of rotatable bonds is 6. The van der Waals surface area contributed by atoms with Crippen molar-refractivity contribution in [2.75, 3.05) is 18.8 Å². The molecule has 0 aliphatic carbocycles. The van der Waals surface area contributed by atoms with Gasteiger partial charge in [0, 0.05) is 60.3 Å². The molecule has 1 aliphatic heterocycles. The zero-order chi connectivity index (χ0) is 24.1.